The smallest absolute Gasteiger partial charge is 0.337 e. The molecule has 1 rings (SSSR count). The Labute approximate surface area is 91.9 Å². The van der Waals surface area contributed by atoms with Crippen molar-refractivity contribution in [3.63, 3.8) is 0 Å². The Morgan fingerprint density at radius 3 is 2.79 bits per heavy atom. The summed E-state index contributed by atoms with van der Waals surface area (Å²) in [6.07, 6.45) is 2.29. The Morgan fingerprint density at radius 2 is 2.43 bits per heavy atom. The van der Waals surface area contributed by atoms with Gasteiger partial charge in [0.25, 0.3) is 0 Å². The highest BCUT2D eigenvalue weighted by Gasteiger charge is 2.12. The van der Waals surface area contributed by atoms with Crippen molar-refractivity contribution < 1.29 is 9.90 Å². The minimum Gasteiger partial charge on any atom is -0.478 e. The van der Waals surface area contributed by atoms with Crippen molar-refractivity contribution in [1.82, 2.24) is 4.98 Å². The SMILES string of the molecule is CCC=C(C(=O)O)c1csc(N)n1.Cl. The van der Waals surface area contributed by atoms with Crippen molar-refractivity contribution in [2.45, 2.75) is 13.3 Å². The van der Waals surface area contributed by atoms with Crippen LogP contribution in [-0.2, 0) is 4.79 Å². The molecule has 6 heteroatoms. The number of allylic oxidation sites excluding steroid dienone is 1. The van der Waals surface area contributed by atoms with Gasteiger partial charge in [-0.15, -0.1) is 23.7 Å². The second-order valence-electron chi connectivity index (χ2n) is 2.40. The first-order chi connectivity index (χ1) is 6.15. The molecule has 3 N–H and O–H groups in total. The van der Waals surface area contributed by atoms with Crippen molar-refractivity contribution in [3.8, 4) is 0 Å². The number of hydrogen-bond donors (Lipinski definition) is 2. The van der Waals surface area contributed by atoms with Crippen molar-refractivity contribution in [1.29, 1.82) is 0 Å². The van der Waals surface area contributed by atoms with Gasteiger partial charge in [-0.1, -0.05) is 13.0 Å². The number of aliphatic carboxylic acids is 1. The second-order valence-corrected chi connectivity index (χ2v) is 3.29. The summed E-state index contributed by atoms with van der Waals surface area (Å²) >= 11 is 1.24. The quantitative estimate of drug-likeness (QED) is 0.785. The number of nitrogens with zero attached hydrogens (tertiary/aromatic N) is 1. The van der Waals surface area contributed by atoms with Gasteiger partial charge in [-0.05, 0) is 6.42 Å². The molecule has 0 aromatic carbocycles. The molecule has 0 radical (unpaired) electrons. The van der Waals surface area contributed by atoms with Crippen molar-refractivity contribution in [3.05, 3.63) is 17.2 Å². The number of rotatable bonds is 3. The molecule has 0 unspecified atom stereocenters. The second kappa shape index (κ2) is 5.62. The van der Waals surface area contributed by atoms with Crippen LogP contribution in [0.4, 0.5) is 5.13 Å². The Hall–Kier alpha value is -1.07. The number of thiazole rings is 1. The first-order valence-electron chi connectivity index (χ1n) is 3.80. The third kappa shape index (κ3) is 3.01. The van der Waals surface area contributed by atoms with E-state index < -0.39 is 5.97 Å². The van der Waals surface area contributed by atoms with Gasteiger partial charge < -0.3 is 10.8 Å². The number of anilines is 1. The van der Waals surface area contributed by atoms with Crippen LogP contribution in [0.3, 0.4) is 0 Å². The van der Waals surface area contributed by atoms with Crippen LogP contribution >= 0.6 is 23.7 Å². The van der Waals surface area contributed by atoms with E-state index in [-0.39, 0.29) is 18.0 Å². The summed E-state index contributed by atoms with van der Waals surface area (Å²) in [4.78, 5) is 14.7. The van der Waals surface area contributed by atoms with E-state index in [0.717, 1.165) is 0 Å². The van der Waals surface area contributed by atoms with Gasteiger partial charge in [0, 0.05) is 5.38 Å². The predicted octanol–water partition coefficient (Wildman–Crippen LogP) is 2.03. The van der Waals surface area contributed by atoms with Crippen LogP contribution in [0.5, 0.6) is 0 Å². The molecule has 1 aromatic rings. The van der Waals surface area contributed by atoms with Gasteiger partial charge in [0.15, 0.2) is 5.13 Å². The van der Waals surface area contributed by atoms with E-state index in [1.165, 1.54) is 11.3 Å². The highest BCUT2D eigenvalue weighted by molar-refractivity contribution is 7.13. The maximum absolute atomic E-state index is 10.8. The van der Waals surface area contributed by atoms with Crippen LogP contribution < -0.4 is 5.73 Å². The Bertz CT molecular complexity index is 349. The number of aromatic nitrogens is 1. The van der Waals surface area contributed by atoms with Gasteiger partial charge in [0.05, 0.1) is 11.3 Å². The summed E-state index contributed by atoms with van der Waals surface area (Å²) in [5.41, 5.74) is 6.06. The lowest BCUT2D eigenvalue weighted by Crippen LogP contribution is -2.00. The number of nitrogen functional groups attached to an aromatic ring is 1. The molecule has 0 aliphatic rings. The average Bonchev–Trinajstić information content (AvgIpc) is 2.46. The molecule has 0 saturated carbocycles. The molecule has 0 aliphatic carbocycles. The van der Waals surface area contributed by atoms with Crippen LogP contribution in [0.15, 0.2) is 11.5 Å². The number of carboxylic acids is 1. The normalized spacial score (nSPS) is 10.8. The van der Waals surface area contributed by atoms with Crippen LogP contribution in [0, 0.1) is 0 Å². The fraction of sp³-hybridized carbons (Fsp3) is 0.250. The van der Waals surface area contributed by atoms with Gasteiger partial charge in [-0.25, -0.2) is 9.78 Å². The van der Waals surface area contributed by atoms with E-state index in [9.17, 15) is 4.79 Å². The minimum absolute atomic E-state index is 0. The molecule has 0 bridgehead atoms. The van der Waals surface area contributed by atoms with Crippen LogP contribution in [0.25, 0.3) is 5.57 Å². The van der Waals surface area contributed by atoms with Crippen molar-refractivity contribution >= 4 is 40.4 Å². The summed E-state index contributed by atoms with van der Waals surface area (Å²) < 4.78 is 0. The maximum atomic E-state index is 10.8. The molecule has 1 aromatic heterocycles. The third-order valence-electron chi connectivity index (χ3n) is 1.44. The fourth-order valence-electron chi connectivity index (χ4n) is 0.917. The Morgan fingerprint density at radius 1 is 1.79 bits per heavy atom. The minimum atomic E-state index is -0.966. The summed E-state index contributed by atoms with van der Waals surface area (Å²) in [5, 5.41) is 10.9. The predicted molar refractivity (Wildman–Crippen MR) is 59.7 cm³/mol. The largest absolute Gasteiger partial charge is 0.478 e. The number of halogens is 1. The zero-order chi connectivity index (χ0) is 9.84. The van der Waals surface area contributed by atoms with Gasteiger partial charge in [-0.2, -0.15) is 0 Å². The Balaban J connectivity index is 0.00000169. The molecule has 0 amide bonds. The van der Waals surface area contributed by atoms with Crippen molar-refractivity contribution in [2.75, 3.05) is 5.73 Å². The molecule has 0 atom stereocenters. The summed E-state index contributed by atoms with van der Waals surface area (Å²) in [7, 11) is 0. The maximum Gasteiger partial charge on any atom is 0.337 e. The lowest BCUT2D eigenvalue weighted by Gasteiger charge is -1.95. The fourth-order valence-corrected chi connectivity index (χ4v) is 1.48. The van der Waals surface area contributed by atoms with Gasteiger partial charge >= 0.3 is 5.97 Å². The molecule has 14 heavy (non-hydrogen) atoms. The Kier molecular flexibility index (Phi) is 5.19. The monoisotopic (exact) mass is 234 g/mol. The lowest BCUT2D eigenvalue weighted by atomic mass is 10.2. The standard InChI is InChI=1S/C8H10N2O2S.ClH/c1-2-3-5(7(11)12)6-4-13-8(9)10-6;/h3-4H,2H2,1H3,(H2,9,10)(H,11,12);1H. The van der Waals surface area contributed by atoms with Gasteiger partial charge in [-0.3, -0.25) is 0 Å². The number of carbonyl (C=O) groups is 1. The van der Waals surface area contributed by atoms with Crippen molar-refractivity contribution in [2.24, 2.45) is 0 Å². The molecule has 0 spiro atoms. The molecular weight excluding hydrogens is 224 g/mol. The first kappa shape index (κ1) is 12.9. The van der Waals surface area contributed by atoms with Gasteiger partial charge in [0.2, 0.25) is 0 Å². The topological polar surface area (TPSA) is 76.2 Å². The zero-order valence-corrected chi connectivity index (χ0v) is 9.19. The van der Waals surface area contributed by atoms with E-state index in [0.29, 0.717) is 17.2 Å². The lowest BCUT2D eigenvalue weighted by molar-refractivity contribution is -0.130. The molecule has 78 valence electrons. The molecule has 4 nitrogen and oxygen atoms in total. The average molecular weight is 235 g/mol. The van der Waals surface area contributed by atoms with E-state index in [1.54, 1.807) is 11.5 Å². The molecule has 0 aliphatic heterocycles. The van der Waals surface area contributed by atoms with E-state index in [4.69, 9.17) is 10.8 Å². The number of nitrogens with two attached hydrogens (primary N) is 1. The van der Waals surface area contributed by atoms with Crippen LogP contribution in [0.1, 0.15) is 19.0 Å². The van der Waals surface area contributed by atoms with Crippen LogP contribution in [-0.4, -0.2) is 16.1 Å². The van der Waals surface area contributed by atoms with Crippen LogP contribution in [0.2, 0.25) is 0 Å². The molecule has 0 fully saturated rings. The molecule has 0 saturated heterocycles. The first-order valence-corrected chi connectivity index (χ1v) is 4.68. The highest BCUT2D eigenvalue weighted by Crippen LogP contribution is 2.19. The summed E-state index contributed by atoms with van der Waals surface area (Å²) in [5.74, 6) is -0.966. The number of carboxylic acid groups (broad SMARTS) is 1. The van der Waals surface area contributed by atoms with E-state index in [2.05, 4.69) is 4.98 Å². The summed E-state index contributed by atoms with van der Waals surface area (Å²) in [6.45, 7) is 1.87. The molecular formula is C8H11ClN2O2S. The highest BCUT2D eigenvalue weighted by atomic mass is 35.5. The van der Waals surface area contributed by atoms with Gasteiger partial charge in [0.1, 0.15) is 0 Å². The number of hydrogen-bond acceptors (Lipinski definition) is 4. The molecule has 1 heterocycles. The summed E-state index contributed by atoms with van der Waals surface area (Å²) in [6, 6.07) is 0. The third-order valence-corrected chi connectivity index (χ3v) is 2.11. The van der Waals surface area contributed by atoms with E-state index >= 15 is 0 Å². The zero-order valence-electron chi connectivity index (χ0n) is 7.56. The van der Waals surface area contributed by atoms with E-state index in [1.807, 2.05) is 6.92 Å².